The largest absolute Gasteiger partial charge is 0.396 e. The Kier molecular flexibility index (Phi) is 7.42. The Labute approximate surface area is 267 Å². The third kappa shape index (κ3) is 4.10. The normalized spacial score (nSPS) is 58.7. The van der Waals surface area contributed by atoms with Gasteiger partial charge >= 0.3 is 0 Å². The molecule has 5 aliphatic carbocycles. The van der Waals surface area contributed by atoms with E-state index in [1.807, 2.05) is 6.92 Å². The molecular formula is C35H58O10. The second-order valence-electron chi connectivity index (χ2n) is 18.1. The first-order valence-corrected chi connectivity index (χ1v) is 17.5. The molecule has 0 amide bonds. The molecule has 0 aromatic carbocycles. The molecule has 2 aliphatic heterocycles. The number of aliphatic hydroxyl groups excluding tert-OH is 6. The molecule has 0 aromatic heterocycles. The third-order valence-corrected chi connectivity index (χ3v) is 15.5. The van der Waals surface area contributed by atoms with E-state index in [0.717, 1.165) is 32.1 Å². The van der Waals surface area contributed by atoms with Gasteiger partial charge in [0.15, 0.2) is 6.29 Å². The van der Waals surface area contributed by atoms with Gasteiger partial charge in [-0.15, -0.1) is 0 Å². The zero-order valence-electron chi connectivity index (χ0n) is 28.0. The van der Waals surface area contributed by atoms with Crippen LogP contribution in [0.3, 0.4) is 0 Å². The average Bonchev–Trinajstić information content (AvgIpc) is 3.27. The van der Waals surface area contributed by atoms with Gasteiger partial charge in [0.2, 0.25) is 0 Å². The maximum Gasteiger partial charge on any atom is 0.186 e. The summed E-state index contributed by atoms with van der Waals surface area (Å²) < 4.78 is 18.6. The van der Waals surface area contributed by atoms with Gasteiger partial charge < -0.3 is 50.0 Å². The van der Waals surface area contributed by atoms with Gasteiger partial charge in [-0.3, -0.25) is 0 Å². The van der Waals surface area contributed by atoms with Crippen molar-refractivity contribution in [3.05, 3.63) is 0 Å². The molecule has 2 spiro atoms. The zero-order valence-corrected chi connectivity index (χ0v) is 28.0. The highest BCUT2D eigenvalue weighted by Gasteiger charge is 2.86. The van der Waals surface area contributed by atoms with E-state index in [2.05, 4.69) is 20.8 Å². The molecule has 2 saturated heterocycles. The Hall–Kier alpha value is -0.400. The van der Waals surface area contributed by atoms with Gasteiger partial charge in [-0.25, -0.2) is 0 Å². The Morgan fingerprint density at radius 3 is 2.16 bits per heavy atom. The van der Waals surface area contributed by atoms with Crippen molar-refractivity contribution in [1.82, 2.24) is 0 Å². The van der Waals surface area contributed by atoms with Crippen LogP contribution in [0.1, 0.15) is 99.3 Å². The van der Waals surface area contributed by atoms with Gasteiger partial charge in [-0.05, 0) is 112 Å². The van der Waals surface area contributed by atoms with Gasteiger partial charge in [-0.1, -0.05) is 20.8 Å². The van der Waals surface area contributed by atoms with E-state index in [1.165, 1.54) is 0 Å². The van der Waals surface area contributed by atoms with Crippen LogP contribution in [0.5, 0.6) is 0 Å². The zero-order chi connectivity index (χ0) is 32.8. The highest BCUT2D eigenvalue weighted by Crippen LogP contribution is 2.89. The summed E-state index contributed by atoms with van der Waals surface area (Å²) in [5.74, 6) is 0.0995. The molecule has 7 aliphatic rings. The van der Waals surface area contributed by atoms with Crippen molar-refractivity contribution in [1.29, 1.82) is 0 Å². The first-order chi connectivity index (χ1) is 20.8. The van der Waals surface area contributed by atoms with Gasteiger partial charge in [0.25, 0.3) is 0 Å². The maximum atomic E-state index is 12.4. The van der Waals surface area contributed by atoms with Crippen LogP contribution in [0.15, 0.2) is 0 Å². The summed E-state index contributed by atoms with van der Waals surface area (Å²) in [7, 11) is 0. The van der Waals surface area contributed by atoms with E-state index in [1.54, 1.807) is 13.8 Å². The maximum absolute atomic E-state index is 12.4. The van der Waals surface area contributed by atoms with Crippen LogP contribution in [0.4, 0.5) is 0 Å². The van der Waals surface area contributed by atoms with Gasteiger partial charge in [-0.2, -0.15) is 0 Å². The molecule has 7 fully saturated rings. The van der Waals surface area contributed by atoms with Crippen molar-refractivity contribution in [2.75, 3.05) is 13.2 Å². The number of hydrogen-bond donors (Lipinski definition) is 7. The van der Waals surface area contributed by atoms with Crippen LogP contribution in [0, 0.1) is 44.8 Å². The number of hydrogen-bond acceptors (Lipinski definition) is 10. The Morgan fingerprint density at radius 2 is 1.51 bits per heavy atom. The molecule has 10 nitrogen and oxygen atoms in total. The molecule has 258 valence electrons. The Bertz CT molecular complexity index is 1170. The molecule has 45 heavy (non-hydrogen) atoms. The standard InChI is InChI=1S/C35H58O10/c1-29(2)20-7-8-21-31(5)13-18(37)27(32(6)11-9-24(45-32)30(3,4)42)35(31,17-36)22(39)14-34(21)16-33(20,34)12-10-23(29)44-28-26(41)25(40)19(38)15-43-28/h18-28,36-42H,7-17H2,1-6H3/t18-,19+,20-,21-,22-,23-,24+,25-,26+,27+,28-,31-,32+,33+,34-,35+/m0/s1. The summed E-state index contributed by atoms with van der Waals surface area (Å²) in [6.45, 7) is 11.9. The molecule has 0 radical (unpaired) electrons. The number of aliphatic hydroxyl groups is 7. The van der Waals surface area contributed by atoms with Crippen LogP contribution < -0.4 is 0 Å². The second-order valence-corrected chi connectivity index (χ2v) is 18.1. The summed E-state index contributed by atoms with van der Waals surface area (Å²) >= 11 is 0. The Morgan fingerprint density at radius 1 is 0.822 bits per heavy atom. The van der Waals surface area contributed by atoms with E-state index >= 15 is 0 Å². The lowest BCUT2D eigenvalue weighted by molar-refractivity contribution is -0.304. The van der Waals surface area contributed by atoms with E-state index < -0.39 is 64.8 Å². The summed E-state index contributed by atoms with van der Waals surface area (Å²) in [5.41, 5.74) is -3.54. The fourth-order valence-corrected chi connectivity index (χ4v) is 13.5. The molecular weight excluding hydrogens is 580 g/mol. The predicted molar refractivity (Wildman–Crippen MR) is 163 cm³/mol. The minimum Gasteiger partial charge on any atom is -0.396 e. The van der Waals surface area contributed by atoms with Crippen molar-refractivity contribution >= 4 is 0 Å². The van der Waals surface area contributed by atoms with E-state index in [0.29, 0.717) is 31.6 Å². The quantitative estimate of drug-likeness (QED) is 0.221. The van der Waals surface area contributed by atoms with Gasteiger partial charge in [0, 0.05) is 11.3 Å². The van der Waals surface area contributed by atoms with Crippen LogP contribution in [-0.2, 0) is 14.2 Å². The summed E-state index contributed by atoms with van der Waals surface area (Å²) in [6, 6.07) is 0. The lowest BCUT2D eigenvalue weighted by Crippen LogP contribution is -2.66. The molecule has 0 bridgehead atoms. The molecule has 0 unspecified atom stereocenters. The Balaban J connectivity index is 1.17. The van der Waals surface area contributed by atoms with Crippen LogP contribution in [0.25, 0.3) is 0 Å². The smallest absolute Gasteiger partial charge is 0.186 e. The first-order valence-electron chi connectivity index (χ1n) is 17.5. The fourth-order valence-electron chi connectivity index (χ4n) is 13.5. The predicted octanol–water partition coefficient (Wildman–Crippen LogP) is 1.87. The summed E-state index contributed by atoms with van der Waals surface area (Å²) in [6.07, 6.45) is 0.117. The van der Waals surface area contributed by atoms with E-state index in [4.69, 9.17) is 14.2 Å². The van der Waals surface area contributed by atoms with Crippen LogP contribution in [0.2, 0.25) is 0 Å². The number of rotatable bonds is 5. The minimum atomic E-state index is -1.32. The average molecular weight is 639 g/mol. The lowest BCUT2D eigenvalue weighted by atomic mass is 9.40. The molecule has 7 rings (SSSR count). The van der Waals surface area contributed by atoms with Crippen molar-refractivity contribution in [3.8, 4) is 0 Å². The first kappa shape index (κ1) is 33.1. The topological polar surface area (TPSA) is 169 Å². The summed E-state index contributed by atoms with van der Waals surface area (Å²) in [5, 5.41) is 77.2. The minimum absolute atomic E-state index is 0.0232. The molecule has 10 heteroatoms. The molecule has 5 saturated carbocycles. The monoisotopic (exact) mass is 638 g/mol. The third-order valence-electron chi connectivity index (χ3n) is 15.5. The highest BCUT2D eigenvalue weighted by molar-refractivity contribution is 5.34. The van der Waals surface area contributed by atoms with Gasteiger partial charge in [0.1, 0.15) is 18.3 Å². The number of fused-ring (bicyclic) bond motifs is 2. The highest BCUT2D eigenvalue weighted by atomic mass is 16.7. The summed E-state index contributed by atoms with van der Waals surface area (Å²) in [4.78, 5) is 0. The molecule has 2 heterocycles. The molecule has 16 atom stereocenters. The van der Waals surface area contributed by atoms with Crippen LogP contribution >= 0.6 is 0 Å². The van der Waals surface area contributed by atoms with Crippen molar-refractivity contribution in [3.63, 3.8) is 0 Å². The van der Waals surface area contributed by atoms with Crippen LogP contribution in [-0.4, -0.2) is 109 Å². The number of ether oxygens (including phenoxy) is 3. The van der Waals surface area contributed by atoms with Gasteiger partial charge in [0.05, 0.1) is 48.8 Å². The van der Waals surface area contributed by atoms with Crippen molar-refractivity contribution < 1.29 is 50.0 Å². The fraction of sp³-hybridized carbons (Fsp3) is 1.00. The van der Waals surface area contributed by atoms with E-state index in [-0.39, 0.29) is 47.6 Å². The second kappa shape index (κ2) is 10.1. The van der Waals surface area contributed by atoms with Crippen molar-refractivity contribution in [2.24, 2.45) is 44.8 Å². The SMILES string of the molecule is CC(C)(O)[C@H]1CC[C@](C)([C@H]2[C@@H](O)C[C@@]3(C)[C@@H]4CC[C@H]5C(C)(C)[C@@H](O[C@@H]6OC[C@@H](O)[C@H](O)[C@H]6O)CC[C@@]56C[C@@]46C[C@H](O)[C@]23CO)O1. The van der Waals surface area contributed by atoms with E-state index in [9.17, 15) is 35.7 Å². The van der Waals surface area contributed by atoms with Crippen molar-refractivity contribution in [2.45, 2.75) is 160 Å². The molecule has 7 N–H and O–H groups in total. The lowest BCUT2D eigenvalue weighted by Gasteiger charge is -2.65. The molecule has 0 aromatic rings.